The molecule has 1 aliphatic rings. The van der Waals surface area contributed by atoms with Crippen molar-refractivity contribution in [2.24, 2.45) is 10.9 Å². The highest BCUT2D eigenvalue weighted by molar-refractivity contribution is 5.81. The summed E-state index contributed by atoms with van der Waals surface area (Å²) in [7, 11) is 3.43. The van der Waals surface area contributed by atoms with Gasteiger partial charge in [0.25, 0.3) is 0 Å². The van der Waals surface area contributed by atoms with Gasteiger partial charge in [0, 0.05) is 32.6 Å². The van der Waals surface area contributed by atoms with Gasteiger partial charge < -0.3 is 20.7 Å². The van der Waals surface area contributed by atoms with Gasteiger partial charge in [0.15, 0.2) is 5.96 Å². The molecule has 0 saturated heterocycles. The van der Waals surface area contributed by atoms with E-state index in [0.717, 1.165) is 37.5 Å². The molecule has 6 nitrogen and oxygen atoms in total. The van der Waals surface area contributed by atoms with Crippen molar-refractivity contribution in [3.8, 4) is 5.75 Å². The molecule has 25 heavy (non-hydrogen) atoms. The Labute approximate surface area is 150 Å². The second-order valence-corrected chi connectivity index (χ2v) is 6.45. The van der Waals surface area contributed by atoms with E-state index in [4.69, 9.17) is 4.74 Å². The third-order valence-electron chi connectivity index (χ3n) is 4.44. The Hall–Kier alpha value is -2.24. The van der Waals surface area contributed by atoms with Crippen LogP contribution in [0.4, 0.5) is 0 Å². The van der Waals surface area contributed by atoms with Gasteiger partial charge in [-0.25, -0.2) is 0 Å². The molecule has 0 heterocycles. The fourth-order valence-electron chi connectivity index (χ4n) is 2.58. The highest BCUT2D eigenvalue weighted by Crippen LogP contribution is 2.28. The molecular weight excluding hydrogens is 316 g/mol. The number of nitrogens with one attached hydrogen (secondary N) is 3. The molecule has 6 heteroatoms. The molecule has 0 aliphatic heterocycles. The van der Waals surface area contributed by atoms with Crippen LogP contribution in [0.2, 0.25) is 0 Å². The van der Waals surface area contributed by atoms with Crippen molar-refractivity contribution in [2.75, 3.05) is 33.8 Å². The lowest BCUT2D eigenvalue weighted by molar-refractivity contribution is -0.122. The van der Waals surface area contributed by atoms with Crippen LogP contribution in [-0.4, -0.2) is 45.7 Å². The summed E-state index contributed by atoms with van der Waals surface area (Å²) < 4.78 is 5.19. The van der Waals surface area contributed by atoms with Crippen molar-refractivity contribution in [1.29, 1.82) is 0 Å². The SMILES string of the molecule is CN=C(NCCNC(=O)C1CC1)NCCC(C)c1ccc(OC)cc1. The number of methoxy groups -OCH3 is 1. The topological polar surface area (TPSA) is 74.8 Å². The number of benzene rings is 1. The van der Waals surface area contributed by atoms with Crippen molar-refractivity contribution in [2.45, 2.75) is 32.1 Å². The number of rotatable bonds is 9. The molecule has 3 N–H and O–H groups in total. The molecule has 0 aromatic heterocycles. The van der Waals surface area contributed by atoms with Crippen molar-refractivity contribution < 1.29 is 9.53 Å². The second-order valence-electron chi connectivity index (χ2n) is 6.45. The van der Waals surface area contributed by atoms with Gasteiger partial charge in [-0.2, -0.15) is 0 Å². The molecule has 1 aromatic carbocycles. The van der Waals surface area contributed by atoms with Crippen LogP contribution in [0.3, 0.4) is 0 Å². The molecule has 1 saturated carbocycles. The van der Waals surface area contributed by atoms with E-state index in [-0.39, 0.29) is 11.8 Å². The third-order valence-corrected chi connectivity index (χ3v) is 4.44. The summed E-state index contributed by atoms with van der Waals surface area (Å²) in [4.78, 5) is 15.8. The highest BCUT2D eigenvalue weighted by Gasteiger charge is 2.28. The summed E-state index contributed by atoms with van der Waals surface area (Å²) in [5, 5.41) is 9.47. The normalized spacial score (nSPS) is 15.4. The van der Waals surface area contributed by atoms with Gasteiger partial charge in [-0.05, 0) is 42.9 Å². The number of hydrogen-bond acceptors (Lipinski definition) is 3. The Morgan fingerprint density at radius 1 is 1.16 bits per heavy atom. The van der Waals surface area contributed by atoms with E-state index in [2.05, 4.69) is 40.0 Å². The Bertz CT molecular complexity index is 567. The second kappa shape index (κ2) is 9.91. The largest absolute Gasteiger partial charge is 0.497 e. The predicted molar refractivity (Wildman–Crippen MR) is 101 cm³/mol. The van der Waals surface area contributed by atoms with Crippen LogP contribution in [-0.2, 0) is 4.79 Å². The highest BCUT2D eigenvalue weighted by atomic mass is 16.5. The number of ether oxygens (including phenoxy) is 1. The smallest absolute Gasteiger partial charge is 0.223 e. The summed E-state index contributed by atoms with van der Waals surface area (Å²) >= 11 is 0. The third kappa shape index (κ3) is 6.64. The standard InChI is InChI=1S/C19H30N4O2/c1-14(15-6-8-17(25-3)9-7-15)10-11-22-19(20-2)23-13-12-21-18(24)16-4-5-16/h6-9,14,16H,4-5,10-13H2,1-3H3,(H,21,24)(H2,20,22,23). The van der Waals surface area contributed by atoms with Gasteiger partial charge in [0.1, 0.15) is 5.75 Å². The average Bonchev–Trinajstić information content (AvgIpc) is 3.48. The van der Waals surface area contributed by atoms with Gasteiger partial charge >= 0.3 is 0 Å². The molecule has 0 spiro atoms. The number of guanidine groups is 1. The lowest BCUT2D eigenvalue weighted by Crippen LogP contribution is -2.42. The van der Waals surface area contributed by atoms with Gasteiger partial charge in [-0.1, -0.05) is 19.1 Å². The first-order valence-electron chi connectivity index (χ1n) is 9.00. The summed E-state index contributed by atoms with van der Waals surface area (Å²) in [6, 6.07) is 8.21. The van der Waals surface area contributed by atoms with Crippen molar-refractivity contribution in [3.05, 3.63) is 29.8 Å². The molecular formula is C19H30N4O2. The Kier molecular flexibility index (Phi) is 7.57. The van der Waals surface area contributed by atoms with E-state index in [1.807, 2.05) is 12.1 Å². The van der Waals surface area contributed by atoms with E-state index in [0.29, 0.717) is 19.0 Å². The monoisotopic (exact) mass is 346 g/mol. The van der Waals surface area contributed by atoms with E-state index in [1.165, 1.54) is 5.56 Å². The van der Waals surface area contributed by atoms with Crippen LogP contribution in [0.1, 0.15) is 37.7 Å². The molecule has 1 aliphatic carbocycles. The summed E-state index contributed by atoms with van der Waals surface area (Å²) in [6.45, 7) is 4.35. The molecule has 1 aromatic rings. The van der Waals surface area contributed by atoms with Crippen LogP contribution >= 0.6 is 0 Å². The Morgan fingerprint density at radius 2 is 1.80 bits per heavy atom. The molecule has 138 valence electrons. The molecule has 2 rings (SSSR count). The lowest BCUT2D eigenvalue weighted by atomic mass is 9.98. The van der Waals surface area contributed by atoms with Crippen LogP contribution in [0.25, 0.3) is 0 Å². The fraction of sp³-hybridized carbons (Fsp3) is 0.579. The average molecular weight is 346 g/mol. The van der Waals surface area contributed by atoms with Crippen LogP contribution in [0.5, 0.6) is 5.75 Å². The van der Waals surface area contributed by atoms with Crippen LogP contribution in [0, 0.1) is 5.92 Å². The number of carbonyl (C=O) groups is 1. The minimum absolute atomic E-state index is 0.179. The maximum atomic E-state index is 11.5. The van der Waals surface area contributed by atoms with Gasteiger partial charge in [-0.3, -0.25) is 9.79 Å². The predicted octanol–water partition coefficient (Wildman–Crippen LogP) is 1.88. The zero-order valence-electron chi connectivity index (χ0n) is 15.5. The molecule has 1 amide bonds. The summed E-state index contributed by atoms with van der Waals surface area (Å²) in [6.07, 6.45) is 3.08. The molecule has 0 bridgehead atoms. The van der Waals surface area contributed by atoms with E-state index in [1.54, 1.807) is 14.2 Å². The number of amides is 1. The van der Waals surface area contributed by atoms with Crippen molar-refractivity contribution >= 4 is 11.9 Å². The minimum Gasteiger partial charge on any atom is -0.497 e. The van der Waals surface area contributed by atoms with E-state index >= 15 is 0 Å². The first kappa shape index (κ1) is 19.1. The first-order chi connectivity index (χ1) is 12.1. The quantitative estimate of drug-likeness (QED) is 0.363. The van der Waals surface area contributed by atoms with Crippen LogP contribution in [0.15, 0.2) is 29.3 Å². The number of aliphatic imine (C=N–C) groups is 1. The van der Waals surface area contributed by atoms with Gasteiger partial charge in [0.05, 0.1) is 7.11 Å². The fourth-order valence-corrected chi connectivity index (χ4v) is 2.58. The minimum atomic E-state index is 0.179. The molecule has 1 unspecified atom stereocenters. The van der Waals surface area contributed by atoms with E-state index < -0.39 is 0 Å². The zero-order chi connectivity index (χ0) is 18.1. The van der Waals surface area contributed by atoms with Crippen molar-refractivity contribution in [1.82, 2.24) is 16.0 Å². The number of hydrogen-bond donors (Lipinski definition) is 3. The Morgan fingerprint density at radius 3 is 2.40 bits per heavy atom. The first-order valence-corrected chi connectivity index (χ1v) is 9.00. The Balaban J connectivity index is 1.61. The molecule has 1 fully saturated rings. The van der Waals surface area contributed by atoms with Crippen LogP contribution < -0.4 is 20.7 Å². The van der Waals surface area contributed by atoms with E-state index in [9.17, 15) is 4.79 Å². The maximum absolute atomic E-state index is 11.5. The zero-order valence-corrected chi connectivity index (χ0v) is 15.5. The van der Waals surface area contributed by atoms with Gasteiger partial charge in [0.2, 0.25) is 5.91 Å². The molecule has 0 radical (unpaired) electrons. The molecule has 1 atom stereocenters. The van der Waals surface area contributed by atoms with Gasteiger partial charge in [-0.15, -0.1) is 0 Å². The van der Waals surface area contributed by atoms with Crippen molar-refractivity contribution in [3.63, 3.8) is 0 Å². The maximum Gasteiger partial charge on any atom is 0.223 e. The lowest BCUT2D eigenvalue weighted by Gasteiger charge is -2.15. The number of carbonyl (C=O) groups excluding carboxylic acids is 1. The number of nitrogens with zero attached hydrogens (tertiary/aromatic N) is 1. The summed E-state index contributed by atoms with van der Waals surface area (Å²) in [5.41, 5.74) is 1.30. The summed E-state index contributed by atoms with van der Waals surface area (Å²) in [5.74, 6) is 2.54.